The van der Waals surface area contributed by atoms with E-state index >= 15 is 0 Å². The third-order valence-electron chi connectivity index (χ3n) is 32.1. The van der Waals surface area contributed by atoms with Gasteiger partial charge in [-0.15, -0.1) is 0 Å². The molecule has 0 N–H and O–H groups in total. The Morgan fingerprint density at radius 3 is 1.13 bits per heavy atom. The average molecular weight is 1540 g/mol. The number of rotatable bonds is 10. The zero-order valence-electron chi connectivity index (χ0n) is 69.1. The maximum atomic E-state index is 2.58. The first kappa shape index (κ1) is 70.6. The molecule has 16 aromatic carbocycles. The number of hydrogen-bond acceptors (Lipinski definition) is 2. The van der Waals surface area contributed by atoms with Gasteiger partial charge in [0.1, 0.15) is 0 Å². The molecule has 16 aromatic rings. The zero-order valence-corrected chi connectivity index (χ0v) is 69.1. The van der Waals surface area contributed by atoms with Gasteiger partial charge < -0.3 is 9.80 Å². The predicted octanol–water partition coefficient (Wildman–Crippen LogP) is 31.3. The molecule has 0 atom stereocenters. The molecule has 8 bridgehead atoms. The monoisotopic (exact) mass is 1540 g/mol. The van der Waals surface area contributed by atoms with E-state index in [4.69, 9.17) is 0 Å². The van der Waals surface area contributed by atoms with Crippen molar-refractivity contribution in [3.05, 3.63) is 396 Å². The fraction of sp³-hybridized carbons (Fsp3) is 0.220. The SMILES string of the molecule is CC1(C)c2ccccc2-c2c(N(c3ccc(-c4ccccc4)cc3)c3cccc4c(-c5ccc6c(c5)-c5ccccc5C65C6CC7CC(C6)CC5C7)cccc34)cccc21.CC1(C)c2ccccc2-c2cc(N(c3ccc(-c4ccccc4)cc3)c3cccc4cccc(-c5ccc6c(c5)-c5ccccc5C65C6CC7CC(C6)CC5C7)c34)ccc21. The lowest BCUT2D eigenvalue weighted by molar-refractivity contribution is -0.0399. The van der Waals surface area contributed by atoms with Gasteiger partial charge in [0.2, 0.25) is 0 Å². The largest absolute Gasteiger partial charge is 0.310 e. The van der Waals surface area contributed by atoms with E-state index in [9.17, 15) is 0 Å². The van der Waals surface area contributed by atoms with Gasteiger partial charge in [0.25, 0.3) is 0 Å². The molecule has 12 aliphatic carbocycles. The summed E-state index contributed by atoms with van der Waals surface area (Å²) in [4.78, 5) is 5.05. The van der Waals surface area contributed by atoms with Crippen LogP contribution in [0.2, 0.25) is 0 Å². The van der Waals surface area contributed by atoms with Gasteiger partial charge in [0.05, 0.1) is 17.1 Å². The first-order chi connectivity index (χ1) is 58.9. The molecule has 2 heteroatoms. The second kappa shape index (κ2) is 26.6. The molecule has 2 spiro atoms. The molecular weight excluding hydrogens is 1450 g/mol. The van der Waals surface area contributed by atoms with Crippen LogP contribution in [0, 0.1) is 47.3 Å². The summed E-state index contributed by atoms with van der Waals surface area (Å²) < 4.78 is 0. The van der Waals surface area contributed by atoms with Gasteiger partial charge in [-0.1, -0.05) is 313 Å². The molecule has 8 saturated carbocycles. The van der Waals surface area contributed by atoms with Crippen LogP contribution in [0.25, 0.3) is 111 Å². The summed E-state index contributed by atoms with van der Waals surface area (Å²) in [6, 6.07) is 134. The van der Waals surface area contributed by atoms with Gasteiger partial charge >= 0.3 is 0 Å². The Kier molecular flexibility index (Phi) is 15.6. The highest BCUT2D eigenvalue weighted by Gasteiger charge is 2.63. The van der Waals surface area contributed by atoms with Crippen molar-refractivity contribution < 1.29 is 0 Å². The molecule has 0 radical (unpaired) electrons. The minimum Gasteiger partial charge on any atom is -0.310 e. The van der Waals surface area contributed by atoms with Crippen LogP contribution in [0.5, 0.6) is 0 Å². The molecule has 0 heterocycles. The summed E-state index contributed by atoms with van der Waals surface area (Å²) in [5, 5.41) is 5.07. The van der Waals surface area contributed by atoms with Crippen LogP contribution in [0.3, 0.4) is 0 Å². The molecule has 0 saturated heterocycles. The summed E-state index contributed by atoms with van der Waals surface area (Å²) in [5.41, 5.74) is 40.6. The first-order valence-corrected chi connectivity index (χ1v) is 44.9. The van der Waals surface area contributed by atoms with Crippen LogP contribution < -0.4 is 9.80 Å². The molecule has 2 nitrogen and oxygen atoms in total. The Bertz CT molecular complexity index is 6810. The Morgan fingerprint density at radius 2 is 0.567 bits per heavy atom. The highest BCUT2D eigenvalue weighted by molar-refractivity contribution is 6.10. The number of fused-ring (bicyclic) bond motifs is 14. The van der Waals surface area contributed by atoms with Gasteiger partial charge in [-0.2, -0.15) is 0 Å². The number of anilines is 6. The standard InChI is InChI=1S/2C59H49N/c1-58(2)51-20-8-7-16-49(51)57-54(58)22-12-24-56(57)60(44-28-25-40(26-29-44)39-13-4-3-5-14-39)55-23-11-18-46-45(17-10-19-48(46)55)41-27-30-53-50(36-41)47-15-6-9-21-52(47)59(53)42-32-37-31-38(34-42)35-43(59)33-37;1-58(2)52-19-8-6-16-48(52)51-36-46(27-29-53(51)58)60(45-25-22-40(23-26-45)39-12-4-3-5-13-39)56-21-11-15-41-14-10-18-47(57(41)56)42-24-28-55-50(35-42)49-17-7-9-20-54(49)59(55)43-31-37-30-38(33-43)34-44(59)32-37/h3-30,36-38,42-43H,31-35H2,1-2H3;3-29,35-38,43-44H,30-34H2,1-2H3. The number of benzene rings is 16. The summed E-state index contributed by atoms with van der Waals surface area (Å²) >= 11 is 0. The highest BCUT2D eigenvalue weighted by atomic mass is 15.2. The lowest BCUT2D eigenvalue weighted by Gasteiger charge is -2.61. The van der Waals surface area contributed by atoms with Crippen molar-refractivity contribution in [2.24, 2.45) is 47.3 Å². The van der Waals surface area contributed by atoms with E-state index in [0.29, 0.717) is 0 Å². The van der Waals surface area contributed by atoms with Crippen LogP contribution in [0.1, 0.15) is 136 Å². The molecule has 0 aliphatic heterocycles. The Labute approximate surface area is 706 Å². The quantitative estimate of drug-likeness (QED) is 0.135. The van der Waals surface area contributed by atoms with Gasteiger partial charge in [0.15, 0.2) is 0 Å². The van der Waals surface area contributed by atoms with Crippen molar-refractivity contribution in [3.8, 4) is 89.0 Å². The summed E-state index contributed by atoms with van der Waals surface area (Å²) in [6.07, 6.45) is 14.2. The molecule has 120 heavy (non-hydrogen) atoms. The first-order valence-electron chi connectivity index (χ1n) is 44.9. The molecule has 12 aliphatic rings. The summed E-state index contributed by atoms with van der Waals surface area (Å²) in [7, 11) is 0. The molecule has 8 fully saturated rings. The fourth-order valence-electron chi connectivity index (χ4n) is 27.6. The van der Waals surface area contributed by atoms with E-state index in [2.05, 4.69) is 389 Å². The average Bonchev–Trinajstić information content (AvgIpc) is 1.54. The molecule has 0 amide bonds. The number of hydrogen-bond donors (Lipinski definition) is 0. The van der Waals surface area contributed by atoms with E-state index in [0.717, 1.165) is 58.7 Å². The molecule has 580 valence electrons. The lowest BCUT2D eigenvalue weighted by Crippen LogP contribution is -2.55. The Morgan fingerprint density at radius 1 is 0.217 bits per heavy atom. The van der Waals surface area contributed by atoms with Crippen LogP contribution >= 0.6 is 0 Å². The van der Waals surface area contributed by atoms with Crippen LogP contribution in [-0.4, -0.2) is 0 Å². The molecule has 28 rings (SSSR count). The normalized spacial score (nSPS) is 23.4. The third-order valence-corrected chi connectivity index (χ3v) is 32.1. The maximum Gasteiger partial charge on any atom is 0.0546 e. The van der Waals surface area contributed by atoms with Gasteiger partial charge in [-0.25, -0.2) is 0 Å². The minimum atomic E-state index is -0.0991. The third kappa shape index (κ3) is 10.2. The Balaban J connectivity index is 0.000000133. The van der Waals surface area contributed by atoms with Crippen LogP contribution in [0.4, 0.5) is 34.1 Å². The van der Waals surface area contributed by atoms with Crippen LogP contribution in [0.15, 0.2) is 352 Å². The smallest absolute Gasteiger partial charge is 0.0546 e. The Hall–Kier alpha value is -12.4. The van der Waals surface area contributed by atoms with E-state index in [-0.39, 0.29) is 21.7 Å². The van der Waals surface area contributed by atoms with E-state index in [1.54, 1.807) is 22.3 Å². The lowest BCUT2D eigenvalue weighted by atomic mass is 9.43. The van der Waals surface area contributed by atoms with Crippen molar-refractivity contribution in [3.63, 3.8) is 0 Å². The molecule has 0 aromatic heterocycles. The van der Waals surface area contributed by atoms with Crippen LogP contribution in [-0.2, 0) is 21.7 Å². The summed E-state index contributed by atoms with van der Waals surface area (Å²) in [6.45, 7) is 9.50. The molecular formula is C118H98N2. The van der Waals surface area contributed by atoms with E-state index in [1.165, 1.54) is 220 Å². The van der Waals surface area contributed by atoms with Gasteiger partial charge in [-0.05, 0) is 317 Å². The number of nitrogens with zero attached hydrogens (tertiary/aromatic N) is 2. The van der Waals surface area contributed by atoms with Crippen molar-refractivity contribution in [2.45, 2.75) is 114 Å². The van der Waals surface area contributed by atoms with Crippen molar-refractivity contribution in [1.82, 2.24) is 0 Å². The fourth-order valence-corrected chi connectivity index (χ4v) is 27.6. The van der Waals surface area contributed by atoms with Gasteiger partial charge in [0, 0.05) is 55.1 Å². The predicted molar refractivity (Wildman–Crippen MR) is 501 cm³/mol. The van der Waals surface area contributed by atoms with Crippen molar-refractivity contribution in [2.75, 3.05) is 9.80 Å². The van der Waals surface area contributed by atoms with Crippen molar-refractivity contribution >= 4 is 55.7 Å². The summed E-state index contributed by atoms with van der Waals surface area (Å²) in [5.74, 6) is 6.82. The van der Waals surface area contributed by atoms with E-state index in [1.807, 2.05) is 0 Å². The highest BCUT2D eigenvalue weighted by Crippen LogP contribution is 2.72. The topological polar surface area (TPSA) is 6.48 Å². The second-order valence-electron chi connectivity index (χ2n) is 38.6. The molecule has 0 unspecified atom stereocenters. The second-order valence-corrected chi connectivity index (χ2v) is 38.6. The van der Waals surface area contributed by atoms with E-state index < -0.39 is 0 Å². The zero-order chi connectivity index (χ0) is 79.5. The maximum absolute atomic E-state index is 2.58. The minimum absolute atomic E-state index is 0.0549. The van der Waals surface area contributed by atoms with Gasteiger partial charge in [-0.3, -0.25) is 0 Å². The van der Waals surface area contributed by atoms with Crippen molar-refractivity contribution in [1.29, 1.82) is 0 Å².